The van der Waals surface area contributed by atoms with Crippen molar-refractivity contribution in [2.24, 2.45) is 0 Å². The monoisotopic (exact) mass is 294 g/mol. The summed E-state index contributed by atoms with van der Waals surface area (Å²) < 4.78 is 37.4. The summed E-state index contributed by atoms with van der Waals surface area (Å²) in [5.74, 6) is 0. The average molecular weight is 295 g/mol. The average Bonchev–Trinajstić information content (AvgIpc) is 2.23. The van der Waals surface area contributed by atoms with E-state index in [0.29, 0.717) is 17.3 Å². The maximum atomic E-state index is 12.5. The highest BCUT2D eigenvalue weighted by Gasteiger charge is 2.30. The van der Waals surface area contributed by atoms with E-state index in [1.165, 1.54) is 7.05 Å². The minimum atomic E-state index is -4.25. The Bertz CT molecular complexity index is 419. The second kappa shape index (κ2) is 6.48. The lowest BCUT2D eigenvalue weighted by atomic mass is 10.1. The molecule has 0 radical (unpaired) electrons. The number of anilines is 1. The first-order chi connectivity index (χ1) is 8.70. The molecule has 0 bridgehead atoms. The van der Waals surface area contributed by atoms with Crippen LogP contribution in [0.2, 0.25) is 5.02 Å². The number of hydrogen-bond donors (Lipinski definition) is 1. The molecule has 1 aromatic rings. The Hall–Kier alpha value is -0.940. The first-order valence-electron chi connectivity index (χ1n) is 5.99. The SMILES string of the molecule is CC(C)NCc1cccc(Cl)c1N(C)CC(F)(F)F. The van der Waals surface area contributed by atoms with Gasteiger partial charge in [-0.2, -0.15) is 13.2 Å². The summed E-state index contributed by atoms with van der Waals surface area (Å²) in [4.78, 5) is 1.14. The molecule has 0 amide bonds. The zero-order valence-electron chi connectivity index (χ0n) is 11.2. The lowest BCUT2D eigenvalue weighted by Gasteiger charge is -2.25. The van der Waals surface area contributed by atoms with Crippen molar-refractivity contribution in [2.75, 3.05) is 18.5 Å². The largest absolute Gasteiger partial charge is 0.405 e. The van der Waals surface area contributed by atoms with Crippen LogP contribution in [0.4, 0.5) is 18.9 Å². The summed E-state index contributed by atoms with van der Waals surface area (Å²) in [6.07, 6.45) is -4.25. The minimum Gasteiger partial charge on any atom is -0.364 e. The minimum absolute atomic E-state index is 0.250. The molecule has 0 spiro atoms. The Morgan fingerprint density at radius 2 is 1.95 bits per heavy atom. The van der Waals surface area contributed by atoms with Crippen LogP contribution in [0, 0.1) is 0 Å². The molecule has 0 aliphatic carbocycles. The van der Waals surface area contributed by atoms with Gasteiger partial charge in [0.15, 0.2) is 0 Å². The van der Waals surface area contributed by atoms with Gasteiger partial charge in [0.05, 0.1) is 10.7 Å². The molecule has 0 aliphatic heterocycles. The maximum absolute atomic E-state index is 12.5. The lowest BCUT2D eigenvalue weighted by molar-refractivity contribution is -0.119. The van der Waals surface area contributed by atoms with Gasteiger partial charge >= 0.3 is 6.18 Å². The van der Waals surface area contributed by atoms with Gasteiger partial charge in [-0.05, 0) is 11.6 Å². The highest BCUT2D eigenvalue weighted by Crippen LogP contribution is 2.31. The van der Waals surface area contributed by atoms with E-state index in [2.05, 4.69) is 5.32 Å². The van der Waals surface area contributed by atoms with Crippen molar-refractivity contribution >= 4 is 17.3 Å². The first kappa shape index (κ1) is 16.1. The van der Waals surface area contributed by atoms with Crippen molar-refractivity contribution in [3.63, 3.8) is 0 Å². The molecule has 2 nitrogen and oxygen atoms in total. The van der Waals surface area contributed by atoms with E-state index >= 15 is 0 Å². The van der Waals surface area contributed by atoms with Crippen LogP contribution in [0.3, 0.4) is 0 Å². The maximum Gasteiger partial charge on any atom is 0.405 e. The highest BCUT2D eigenvalue weighted by atomic mass is 35.5. The van der Waals surface area contributed by atoms with E-state index < -0.39 is 12.7 Å². The number of para-hydroxylation sites is 1. The Morgan fingerprint density at radius 1 is 1.32 bits per heavy atom. The van der Waals surface area contributed by atoms with Crippen LogP contribution in [0.25, 0.3) is 0 Å². The van der Waals surface area contributed by atoms with Crippen LogP contribution in [0.1, 0.15) is 19.4 Å². The van der Waals surface area contributed by atoms with Gasteiger partial charge in [0.2, 0.25) is 0 Å². The Labute approximate surface area is 116 Å². The van der Waals surface area contributed by atoms with Crippen LogP contribution in [0.15, 0.2) is 18.2 Å². The lowest BCUT2D eigenvalue weighted by Crippen LogP contribution is -2.32. The van der Waals surface area contributed by atoms with Crippen LogP contribution in [-0.2, 0) is 6.54 Å². The molecular weight excluding hydrogens is 277 g/mol. The summed E-state index contributed by atoms with van der Waals surface area (Å²) >= 11 is 6.03. The van der Waals surface area contributed by atoms with Crippen LogP contribution >= 0.6 is 11.6 Å². The summed E-state index contributed by atoms with van der Waals surface area (Å²) in [6.45, 7) is 3.41. The molecule has 1 aromatic carbocycles. The molecule has 0 aromatic heterocycles. The fourth-order valence-corrected chi connectivity index (χ4v) is 2.13. The molecule has 19 heavy (non-hydrogen) atoms. The van der Waals surface area contributed by atoms with Gasteiger partial charge in [-0.3, -0.25) is 0 Å². The van der Waals surface area contributed by atoms with Crippen molar-refractivity contribution in [2.45, 2.75) is 32.6 Å². The number of nitrogens with zero attached hydrogens (tertiary/aromatic N) is 1. The van der Waals surface area contributed by atoms with Crippen LogP contribution < -0.4 is 10.2 Å². The second-order valence-corrected chi connectivity index (χ2v) is 5.16. The molecule has 0 saturated carbocycles. The number of nitrogens with one attached hydrogen (secondary N) is 1. The van der Waals surface area contributed by atoms with Crippen LogP contribution in [0.5, 0.6) is 0 Å². The van der Waals surface area contributed by atoms with Gasteiger partial charge in [0.25, 0.3) is 0 Å². The number of alkyl halides is 3. The second-order valence-electron chi connectivity index (χ2n) is 4.75. The van der Waals surface area contributed by atoms with Crippen molar-refractivity contribution in [1.29, 1.82) is 0 Å². The molecule has 0 aliphatic rings. The Kier molecular flexibility index (Phi) is 5.50. The molecular formula is C13H18ClF3N2. The first-order valence-corrected chi connectivity index (χ1v) is 6.37. The summed E-state index contributed by atoms with van der Waals surface area (Å²) in [6, 6.07) is 5.37. The quantitative estimate of drug-likeness (QED) is 0.888. The van der Waals surface area contributed by atoms with E-state index in [0.717, 1.165) is 10.5 Å². The number of rotatable bonds is 5. The highest BCUT2D eigenvalue weighted by molar-refractivity contribution is 6.33. The van der Waals surface area contributed by atoms with Crippen molar-refractivity contribution < 1.29 is 13.2 Å². The number of halogens is 4. The molecule has 6 heteroatoms. The third kappa shape index (κ3) is 5.28. The predicted molar refractivity (Wildman–Crippen MR) is 72.8 cm³/mol. The van der Waals surface area contributed by atoms with Gasteiger partial charge in [-0.15, -0.1) is 0 Å². The molecule has 0 saturated heterocycles. The Balaban J connectivity index is 2.97. The zero-order valence-corrected chi connectivity index (χ0v) is 11.9. The van der Waals surface area contributed by atoms with Crippen molar-refractivity contribution in [3.05, 3.63) is 28.8 Å². The van der Waals surface area contributed by atoms with Gasteiger partial charge < -0.3 is 10.2 Å². The topological polar surface area (TPSA) is 15.3 Å². The zero-order chi connectivity index (χ0) is 14.6. The molecule has 1 N–H and O–H groups in total. The normalized spacial score (nSPS) is 12.0. The summed E-state index contributed by atoms with van der Waals surface area (Å²) in [5.41, 5.74) is 1.18. The van der Waals surface area contributed by atoms with Crippen molar-refractivity contribution in [1.82, 2.24) is 5.32 Å². The van der Waals surface area contributed by atoms with E-state index in [4.69, 9.17) is 11.6 Å². The van der Waals surface area contributed by atoms with E-state index in [9.17, 15) is 13.2 Å². The smallest absolute Gasteiger partial charge is 0.364 e. The summed E-state index contributed by atoms with van der Waals surface area (Å²) in [5, 5.41) is 3.51. The van der Waals surface area contributed by atoms with Gasteiger partial charge in [0.1, 0.15) is 6.54 Å². The van der Waals surface area contributed by atoms with Gasteiger partial charge in [0, 0.05) is 19.6 Å². The Morgan fingerprint density at radius 3 is 2.47 bits per heavy atom. The van der Waals surface area contributed by atoms with E-state index in [1.807, 2.05) is 13.8 Å². The van der Waals surface area contributed by atoms with E-state index in [1.54, 1.807) is 18.2 Å². The molecule has 108 valence electrons. The van der Waals surface area contributed by atoms with Gasteiger partial charge in [-0.25, -0.2) is 0 Å². The fraction of sp³-hybridized carbons (Fsp3) is 0.538. The molecule has 0 atom stereocenters. The number of hydrogen-bond acceptors (Lipinski definition) is 2. The van der Waals surface area contributed by atoms with E-state index in [-0.39, 0.29) is 6.04 Å². The third-order valence-corrected chi connectivity index (χ3v) is 2.87. The standard InChI is InChI=1S/C13H18ClF3N2/c1-9(2)18-7-10-5-4-6-11(14)12(10)19(3)8-13(15,16)17/h4-6,9,18H,7-8H2,1-3H3. The molecule has 0 fully saturated rings. The third-order valence-electron chi connectivity index (χ3n) is 2.57. The van der Waals surface area contributed by atoms with Crippen molar-refractivity contribution in [3.8, 4) is 0 Å². The van der Waals surface area contributed by atoms with Gasteiger partial charge in [-0.1, -0.05) is 37.6 Å². The molecule has 0 heterocycles. The fourth-order valence-electron chi connectivity index (χ4n) is 1.79. The van der Waals surface area contributed by atoms with Crippen LogP contribution in [-0.4, -0.2) is 25.8 Å². The summed E-state index contributed by atoms with van der Waals surface area (Å²) in [7, 11) is 1.40. The predicted octanol–water partition coefficient (Wildman–Crippen LogP) is 3.84. The molecule has 0 unspecified atom stereocenters. The number of benzene rings is 1. The molecule has 1 rings (SSSR count).